The van der Waals surface area contributed by atoms with E-state index in [2.05, 4.69) is 39.9 Å². The van der Waals surface area contributed by atoms with Crippen LogP contribution in [0.5, 0.6) is 0 Å². The molecule has 0 aromatic carbocycles. The van der Waals surface area contributed by atoms with Crippen LogP contribution in [-0.2, 0) is 9.59 Å². The van der Waals surface area contributed by atoms with Crippen LogP contribution in [-0.4, -0.2) is 11.8 Å². The Bertz CT molecular complexity index is 425. The van der Waals surface area contributed by atoms with Crippen molar-refractivity contribution in [3.63, 3.8) is 0 Å². The molecule has 3 heteroatoms. The van der Waals surface area contributed by atoms with Crippen LogP contribution in [0.3, 0.4) is 0 Å². The minimum Gasteiger partial charge on any atom is -0.296 e. The highest BCUT2D eigenvalue weighted by atomic mass is 16.2. The average molecular weight is 293 g/mol. The second kappa shape index (κ2) is 5.73. The first kappa shape index (κ1) is 16.5. The Hall–Kier alpha value is -0.860. The summed E-state index contributed by atoms with van der Waals surface area (Å²) in [6.45, 7) is 11.2. The zero-order chi connectivity index (χ0) is 15.8. The zero-order valence-electron chi connectivity index (χ0n) is 14.3. The summed E-state index contributed by atoms with van der Waals surface area (Å²) in [6.07, 6.45) is 6.40. The van der Waals surface area contributed by atoms with Crippen LogP contribution in [0.25, 0.3) is 0 Å². The van der Waals surface area contributed by atoms with Crippen LogP contribution in [0.1, 0.15) is 73.1 Å². The van der Waals surface area contributed by atoms with E-state index in [4.69, 9.17) is 0 Å². The summed E-state index contributed by atoms with van der Waals surface area (Å²) < 4.78 is 0. The van der Waals surface area contributed by atoms with Gasteiger partial charge < -0.3 is 0 Å². The summed E-state index contributed by atoms with van der Waals surface area (Å²) in [5, 5.41) is 2.60. The molecule has 2 amide bonds. The minimum absolute atomic E-state index is 0.0246. The summed E-state index contributed by atoms with van der Waals surface area (Å²) in [4.78, 5) is 24.6. The van der Waals surface area contributed by atoms with Gasteiger partial charge in [0.05, 0.1) is 11.8 Å². The van der Waals surface area contributed by atoms with Crippen molar-refractivity contribution in [1.82, 2.24) is 5.32 Å². The molecule has 1 heterocycles. The van der Waals surface area contributed by atoms with Crippen LogP contribution in [0.2, 0.25) is 0 Å². The minimum atomic E-state index is -0.112. The Morgan fingerprint density at radius 1 is 1.05 bits per heavy atom. The number of amides is 2. The summed E-state index contributed by atoms with van der Waals surface area (Å²) in [6, 6.07) is 0. The molecule has 21 heavy (non-hydrogen) atoms. The number of nitrogens with one attached hydrogen (secondary N) is 1. The van der Waals surface area contributed by atoms with Gasteiger partial charge >= 0.3 is 0 Å². The third-order valence-electron chi connectivity index (χ3n) is 7.01. The maximum atomic E-state index is 12.3. The molecule has 0 aromatic rings. The maximum absolute atomic E-state index is 12.3. The van der Waals surface area contributed by atoms with Gasteiger partial charge in [-0.1, -0.05) is 53.9 Å². The third-order valence-corrected chi connectivity index (χ3v) is 7.01. The fourth-order valence-corrected chi connectivity index (χ4v) is 4.62. The first-order valence-electron chi connectivity index (χ1n) is 8.66. The van der Waals surface area contributed by atoms with Crippen LogP contribution < -0.4 is 5.32 Å². The molecule has 120 valence electrons. The predicted octanol–water partition coefficient (Wildman–Crippen LogP) is 3.92. The van der Waals surface area contributed by atoms with E-state index in [0.29, 0.717) is 11.3 Å². The molecule has 1 saturated carbocycles. The van der Waals surface area contributed by atoms with Crippen LogP contribution in [0, 0.1) is 28.6 Å². The molecule has 0 radical (unpaired) electrons. The monoisotopic (exact) mass is 293 g/mol. The Kier molecular flexibility index (Phi) is 4.51. The van der Waals surface area contributed by atoms with E-state index < -0.39 is 0 Å². The number of carbonyl (C=O) groups excluding carboxylic acids is 2. The lowest BCUT2D eigenvalue weighted by molar-refractivity contribution is -0.129. The van der Waals surface area contributed by atoms with Gasteiger partial charge in [0.15, 0.2) is 0 Å². The second-order valence-corrected chi connectivity index (χ2v) is 7.74. The molecule has 2 rings (SSSR count). The topological polar surface area (TPSA) is 46.2 Å². The van der Waals surface area contributed by atoms with Crippen LogP contribution >= 0.6 is 0 Å². The van der Waals surface area contributed by atoms with Gasteiger partial charge in [0, 0.05) is 0 Å². The average Bonchev–Trinajstić information content (AvgIpc) is 2.73. The lowest BCUT2D eigenvalue weighted by Crippen LogP contribution is -2.49. The molecule has 4 atom stereocenters. The first-order valence-corrected chi connectivity index (χ1v) is 8.66. The van der Waals surface area contributed by atoms with Crippen molar-refractivity contribution in [3.8, 4) is 0 Å². The standard InChI is InChI=1S/C18H31NO2/c1-6-12(7-2)14-13(15(20)19-16(14)21)11-18(5)10-9-17(18,4)8-3/h12-14H,6-11H2,1-5H3,(H,19,20,21). The van der Waals surface area contributed by atoms with Crippen molar-refractivity contribution in [2.24, 2.45) is 28.6 Å². The Morgan fingerprint density at radius 3 is 2.05 bits per heavy atom. The number of imide groups is 1. The highest BCUT2D eigenvalue weighted by Crippen LogP contribution is 2.62. The fourth-order valence-electron chi connectivity index (χ4n) is 4.62. The second-order valence-electron chi connectivity index (χ2n) is 7.74. The van der Waals surface area contributed by atoms with E-state index in [1.165, 1.54) is 12.8 Å². The Labute approximate surface area is 129 Å². The third kappa shape index (κ3) is 2.53. The van der Waals surface area contributed by atoms with Gasteiger partial charge in [-0.05, 0) is 36.0 Å². The molecule has 4 unspecified atom stereocenters. The van der Waals surface area contributed by atoms with Crippen LogP contribution in [0.4, 0.5) is 0 Å². The van der Waals surface area contributed by atoms with E-state index in [1.54, 1.807) is 0 Å². The van der Waals surface area contributed by atoms with Gasteiger partial charge in [-0.25, -0.2) is 0 Å². The lowest BCUT2D eigenvalue weighted by atomic mass is 9.47. The predicted molar refractivity (Wildman–Crippen MR) is 84.6 cm³/mol. The zero-order valence-corrected chi connectivity index (χ0v) is 14.3. The van der Waals surface area contributed by atoms with E-state index in [1.807, 2.05) is 0 Å². The quantitative estimate of drug-likeness (QED) is 0.754. The van der Waals surface area contributed by atoms with Gasteiger partial charge in [-0.2, -0.15) is 0 Å². The fraction of sp³-hybridized carbons (Fsp3) is 0.889. The molecule has 1 saturated heterocycles. The molecular formula is C18H31NO2. The summed E-state index contributed by atoms with van der Waals surface area (Å²) >= 11 is 0. The smallest absolute Gasteiger partial charge is 0.230 e. The van der Waals surface area contributed by atoms with Crippen LogP contribution in [0.15, 0.2) is 0 Å². The lowest BCUT2D eigenvalue weighted by Gasteiger charge is -2.57. The van der Waals surface area contributed by atoms with E-state index in [0.717, 1.165) is 25.7 Å². The highest BCUT2D eigenvalue weighted by molar-refractivity contribution is 6.05. The molecule has 0 aromatic heterocycles. The number of carbonyl (C=O) groups is 2. The molecule has 0 bridgehead atoms. The van der Waals surface area contributed by atoms with Crippen molar-refractivity contribution in [3.05, 3.63) is 0 Å². The molecule has 2 aliphatic rings. The molecule has 1 N–H and O–H groups in total. The van der Waals surface area contributed by atoms with Crippen molar-refractivity contribution in [2.75, 3.05) is 0 Å². The van der Waals surface area contributed by atoms with Gasteiger partial charge in [-0.3, -0.25) is 14.9 Å². The van der Waals surface area contributed by atoms with E-state index in [-0.39, 0.29) is 29.1 Å². The van der Waals surface area contributed by atoms with E-state index >= 15 is 0 Å². The highest BCUT2D eigenvalue weighted by Gasteiger charge is 2.55. The largest absolute Gasteiger partial charge is 0.296 e. The van der Waals surface area contributed by atoms with Crippen molar-refractivity contribution in [1.29, 1.82) is 0 Å². The molecule has 2 fully saturated rings. The Morgan fingerprint density at radius 2 is 1.62 bits per heavy atom. The van der Waals surface area contributed by atoms with Gasteiger partial charge in [0.25, 0.3) is 0 Å². The van der Waals surface area contributed by atoms with Crippen molar-refractivity contribution >= 4 is 11.8 Å². The SMILES string of the molecule is CCC(CC)C1C(=O)NC(=O)C1CC1(C)CCC1(C)CC. The molecular weight excluding hydrogens is 262 g/mol. The van der Waals surface area contributed by atoms with Crippen molar-refractivity contribution in [2.45, 2.75) is 73.1 Å². The normalized spacial score (nSPS) is 39.5. The molecule has 1 aliphatic heterocycles. The summed E-state index contributed by atoms with van der Waals surface area (Å²) in [5.41, 5.74) is 0.538. The Balaban J connectivity index is 2.20. The van der Waals surface area contributed by atoms with Crippen molar-refractivity contribution < 1.29 is 9.59 Å². The first-order chi connectivity index (χ1) is 9.81. The summed E-state index contributed by atoms with van der Waals surface area (Å²) in [7, 11) is 0. The molecule has 0 spiro atoms. The van der Waals surface area contributed by atoms with Gasteiger partial charge in [0.2, 0.25) is 11.8 Å². The van der Waals surface area contributed by atoms with Gasteiger partial charge in [0.1, 0.15) is 0 Å². The summed E-state index contributed by atoms with van der Waals surface area (Å²) in [5.74, 6) is 0.0610. The van der Waals surface area contributed by atoms with Gasteiger partial charge in [-0.15, -0.1) is 0 Å². The maximum Gasteiger partial charge on any atom is 0.230 e. The molecule has 3 nitrogen and oxygen atoms in total. The number of hydrogen-bond donors (Lipinski definition) is 1. The molecule has 1 aliphatic carbocycles. The van der Waals surface area contributed by atoms with E-state index in [9.17, 15) is 9.59 Å². The number of hydrogen-bond acceptors (Lipinski definition) is 2. The number of rotatable bonds is 6.